The van der Waals surface area contributed by atoms with Crippen molar-refractivity contribution in [3.05, 3.63) is 42.6 Å². The fourth-order valence-corrected chi connectivity index (χ4v) is 3.46. The van der Waals surface area contributed by atoms with E-state index in [0.29, 0.717) is 31.3 Å². The first-order chi connectivity index (χ1) is 11.7. The van der Waals surface area contributed by atoms with Crippen molar-refractivity contribution < 1.29 is 14.3 Å². The highest BCUT2D eigenvalue weighted by atomic mass is 16.5. The van der Waals surface area contributed by atoms with Crippen LogP contribution in [0.15, 0.2) is 36.9 Å². The molecule has 1 spiro atoms. The van der Waals surface area contributed by atoms with E-state index in [4.69, 9.17) is 9.47 Å². The van der Waals surface area contributed by atoms with Gasteiger partial charge in [0.15, 0.2) is 0 Å². The summed E-state index contributed by atoms with van der Waals surface area (Å²) in [5, 5.41) is 0. The fraction of sp³-hybridized carbons (Fsp3) is 0.471. The zero-order valence-corrected chi connectivity index (χ0v) is 13.6. The summed E-state index contributed by atoms with van der Waals surface area (Å²) in [5.74, 6) is 0.587. The Hall–Kier alpha value is -2.41. The van der Waals surface area contributed by atoms with Gasteiger partial charge in [-0.1, -0.05) is 0 Å². The van der Waals surface area contributed by atoms with Gasteiger partial charge >= 0.3 is 0 Å². The third-order valence-electron chi connectivity index (χ3n) is 4.68. The molecule has 2 aliphatic rings. The van der Waals surface area contributed by atoms with E-state index in [0.717, 1.165) is 12.8 Å². The van der Waals surface area contributed by atoms with Crippen molar-refractivity contribution in [1.82, 2.24) is 19.4 Å². The number of hydrogen-bond acceptors (Lipinski definition) is 5. The minimum atomic E-state index is -0.286. The Morgan fingerprint density at radius 3 is 3.00 bits per heavy atom. The van der Waals surface area contributed by atoms with Crippen molar-refractivity contribution in [1.29, 1.82) is 0 Å². The lowest BCUT2D eigenvalue weighted by Gasteiger charge is -2.52. The lowest BCUT2D eigenvalue weighted by molar-refractivity contribution is -0.174. The van der Waals surface area contributed by atoms with Gasteiger partial charge in [-0.05, 0) is 12.1 Å². The molecule has 0 aliphatic carbocycles. The summed E-state index contributed by atoms with van der Waals surface area (Å²) in [6.07, 6.45) is 8.37. The zero-order chi connectivity index (χ0) is 16.6. The van der Waals surface area contributed by atoms with Gasteiger partial charge in [-0.15, -0.1) is 0 Å². The van der Waals surface area contributed by atoms with Crippen molar-refractivity contribution in [3.63, 3.8) is 0 Å². The summed E-state index contributed by atoms with van der Waals surface area (Å²) in [6, 6.07) is 3.72. The molecule has 4 heterocycles. The monoisotopic (exact) mass is 328 g/mol. The largest absolute Gasteiger partial charge is 0.473 e. The van der Waals surface area contributed by atoms with Gasteiger partial charge < -0.3 is 18.9 Å². The standard InChI is InChI=1S/C17H20N4O3/c1-20-7-2-3-14(20)16(22)21-11-17(12-21)9-13(4-8-23-17)24-15-10-18-5-6-19-15/h2-3,5-7,10,13H,4,8-9,11-12H2,1H3/t13-/m1/s1. The number of amides is 1. The van der Waals surface area contributed by atoms with Crippen LogP contribution in [-0.4, -0.2) is 56.7 Å². The van der Waals surface area contributed by atoms with E-state index in [9.17, 15) is 4.79 Å². The lowest BCUT2D eigenvalue weighted by Crippen LogP contribution is -2.67. The summed E-state index contributed by atoms with van der Waals surface area (Å²) in [7, 11) is 1.88. The lowest BCUT2D eigenvalue weighted by atomic mass is 9.84. The van der Waals surface area contributed by atoms with Gasteiger partial charge in [0, 0.05) is 38.5 Å². The highest BCUT2D eigenvalue weighted by Crippen LogP contribution is 2.36. The quantitative estimate of drug-likeness (QED) is 0.849. The summed E-state index contributed by atoms with van der Waals surface area (Å²) in [6.45, 7) is 1.85. The number of ether oxygens (including phenoxy) is 2. The summed E-state index contributed by atoms with van der Waals surface area (Å²) < 4.78 is 13.7. The molecule has 0 N–H and O–H groups in total. The van der Waals surface area contributed by atoms with Crippen molar-refractivity contribution in [2.45, 2.75) is 24.5 Å². The van der Waals surface area contributed by atoms with Gasteiger partial charge in [0.25, 0.3) is 5.91 Å². The highest BCUT2D eigenvalue weighted by molar-refractivity contribution is 5.93. The molecule has 2 fully saturated rings. The molecule has 2 aromatic heterocycles. The number of likely N-dealkylation sites (tertiary alicyclic amines) is 1. The number of nitrogens with zero attached hydrogens (tertiary/aromatic N) is 4. The molecule has 2 saturated heterocycles. The van der Waals surface area contributed by atoms with Gasteiger partial charge in [0.2, 0.25) is 5.88 Å². The summed E-state index contributed by atoms with van der Waals surface area (Å²) in [5.41, 5.74) is 0.416. The molecule has 126 valence electrons. The Morgan fingerprint density at radius 1 is 1.42 bits per heavy atom. The van der Waals surface area contributed by atoms with Crippen LogP contribution in [0.25, 0.3) is 0 Å². The number of aryl methyl sites for hydroxylation is 1. The third-order valence-corrected chi connectivity index (χ3v) is 4.68. The second-order valence-electron chi connectivity index (χ2n) is 6.47. The van der Waals surface area contributed by atoms with Crippen molar-refractivity contribution >= 4 is 5.91 Å². The van der Waals surface area contributed by atoms with Crippen molar-refractivity contribution in [2.24, 2.45) is 7.05 Å². The number of carbonyl (C=O) groups is 1. The van der Waals surface area contributed by atoms with Crippen LogP contribution in [0.5, 0.6) is 5.88 Å². The average molecular weight is 328 g/mol. The molecule has 24 heavy (non-hydrogen) atoms. The minimum absolute atomic E-state index is 0.0442. The number of hydrogen-bond donors (Lipinski definition) is 0. The molecular weight excluding hydrogens is 308 g/mol. The molecule has 2 aliphatic heterocycles. The number of aromatic nitrogens is 3. The highest BCUT2D eigenvalue weighted by Gasteiger charge is 2.50. The van der Waals surface area contributed by atoms with Crippen LogP contribution in [0.4, 0.5) is 0 Å². The SMILES string of the molecule is Cn1cccc1C(=O)N1CC2(C[C@H](Oc3cnccn3)CCO2)C1. The van der Waals surface area contributed by atoms with Crippen LogP contribution >= 0.6 is 0 Å². The number of rotatable bonds is 3. The topological polar surface area (TPSA) is 69.5 Å². The van der Waals surface area contributed by atoms with Gasteiger partial charge in [-0.3, -0.25) is 9.78 Å². The first-order valence-electron chi connectivity index (χ1n) is 8.12. The Balaban J connectivity index is 1.37. The van der Waals surface area contributed by atoms with E-state index >= 15 is 0 Å². The van der Waals surface area contributed by atoms with E-state index in [1.165, 1.54) is 0 Å². The number of carbonyl (C=O) groups excluding carboxylic acids is 1. The molecule has 2 aromatic rings. The summed E-state index contributed by atoms with van der Waals surface area (Å²) >= 11 is 0. The first-order valence-corrected chi connectivity index (χ1v) is 8.12. The molecule has 7 heteroatoms. The van der Waals surface area contributed by atoms with E-state index in [2.05, 4.69) is 9.97 Å². The van der Waals surface area contributed by atoms with Crippen LogP contribution in [0.3, 0.4) is 0 Å². The predicted octanol–water partition coefficient (Wildman–Crippen LogP) is 1.27. The van der Waals surface area contributed by atoms with Gasteiger partial charge in [-0.2, -0.15) is 0 Å². The van der Waals surface area contributed by atoms with Crippen LogP contribution in [0.2, 0.25) is 0 Å². The fourth-order valence-electron chi connectivity index (χ4n) is 3.46. The molecule has 0 aromatic carbocycles. The second-order valence-corrected chi connectivity index (χ2v) is 6.47. The molecule has 4 rings (SSSR count). The molecule has 1 amide bonds. The Morgan fingerprint density at radius 2 is 2.29 bits per heavy atom. The normalized spacial score (nSPS) is 22.2. The maximum absolute atomic E-state index is 12.5. The summed E-state index contributed by atoms with van der Waals surface area (Å²) in [4.78, 5) is 22.5. The maximum Gasteiger partial charge on any atom is 0.270 e. The van der Waals surface area contributed by atoms with Crippen molar-refractivity contribution in [3.8, 4) is 5.88 Å². The van der Waals surface area contributed by atoms with Gasteiger partial charge in [-0.25, -0.2) is 4.98 Å². The molecule has 0 bridgehead atoms. The smallest absolute Gasteiger partial charge is 0.270 e. The van der Waals surface area contributed by atoms with Crippen LogP contribution in [0.1, 0.15) is 23.3 Å². The van der Waals surface area contributed by atoms with Gasteiger partial charge in [0.05, 0.1) is 25.9 Å². The van der Waals surface area contributed by atoms with E-state index in [1.54, 1.807) is 18.6 Å². The second kappa shape index (κ2) is 5.90. The predicted molar refractivity (Wildman–Crippen MR) is 85.7 cm³/mol. The van der Waals surface area contributed by atoms with Crippen molar-refractivity contribution in [2.75, 3.05) is 19.7 Å². The Labute approximate surface area is 140 Å². The first kappa shape index (κ1) is 15.1. The molecule has 0 saturated carbocycles. The van der Waals surface area contributed by atoms with E-state index in [-0.39, 0.29) is 17.6 Å². The van der Waals surface area contributed by atoms with Crippen LogP contribution in [0, 0.1) is 0 Å². The average Bonchev–Trinajstić information content (AvgIpc) is 2.99. The Kier molecular flexibility index (Phi) is 3.72. The van der Waals surface area contributed by atoms with Crippen LogP contribution < -0.4 is 4.74 Å². The molecule has 1 atom stereocenters. The minimum Gasteiger partial charge on any atom is -0.473 e. The zero-order valence-electron chi connectivity index (χ0n) is 13.6. The molecule has 0 radical (unpaired) electrons. The van der Waals surface area contributed by atoms with Crippen LogP contribution in [-0.2, 0) is 11.8 Å². The molecule has 7 nitrogen and oxygen atoms in total. The van der Waals surface area contributed by atoms with Gasteiger partial charge in [0.1, 0.15) is 17.4 Å². The Bertz CT molecular complexity index is 724. The van der Waals surface area contributed by atoms with E-state index in [1.807, 2.05) is 34.8 Å². The maximum atomic E-state index is 12.5. The van der Waals surface area contributed by atoms with E-state index < -0.39 is 0 Å². The third kappa shape index (κ3) is 2.75. The molecular formula is C17H20N4O3. The molecule has 0 unspecified atom stereocenters.